The number of hydrogen-bond acceptors (Lipinski definition) is 6. The number of ether oxygens (including phenoxy) is 1. The fraction of sp³-hybridized carbons (Fsp3) is 0.500. The highest BCUT2D eigenvalue weighted by Crippen LogP contribution is 2.19. The molecule has 0 saturated carbocycles. The van der Waals surface area contributed by atoms with Gasteiger partial charge in [0, 0.05) is 39.5 Å². The van der Waals surface area contributed by atoms with Crippen molar-refractivity contribution in [2.45, 2.75) is 26.3 Å². The van der Waals surface area contributed by atoms with Crippen LogP contribution in [0.15, 0.2) is 28.7 Å². The van der Waals surface area contributed by atoms with Crippen molar-refractivity contribution in [2.24, 2.45) is 0 Å². The van der Waals surface area contributed by atoms with Crippen molar-refractivity contribution >= 4 is 5.91 Å². The molecule has 0 spiro atoms. The molecule has 2 heterocycles. The summed E-state index contributed by atoms with van der Waals surface area (Å²) in [4.78, 5) is 16.6. The zero-order valence-electron chi connectivity index (χ0n) is 14.8. The summed E-state index contributed by atoms with van der Waals surface area (Å²) >= 11 is 0. The largest absolute Gasteiger partial charge is 0.496 e. The van der Waals surface area contributed by atoms with E-state index in [0.717, 1.165) is 37.5 Å². The lowest BCUT2D eigenvalue weighted by Crippen LogP contribution is -2.48. The molecule has 1 aromatic heterocycles. The topological polar surface area (TPSA) is 71.7 Å². The van der Waals surface area contributed by atoms with Crippen molar-refractivity contribution in [3.05, 3.63) is 41.6 Å². The molecule has 0 aliphatic carbocycles. The summed E-state index contributed by atoms with van der Waals surface area (Å²) in [6.07, 6.45) is 1.20. The van der Waals surface area contributed by atoms with Crippen LogP contribution in [-0.2, 0) is 17.8 Å². The lowest BCUT2D eigenvalue weighted by molar-refractivity contribution is -0.133. The lowest BCUT2D eigenvalue weighted by Gasteiger charge is -2.34. The van der Waals surface area contributed by atoms with Crippen molar-refractivity contribution in [3.63, 3.8) is 0 Å². The third-order valence-electron chi connectivity index (χ3n) is 4.45. The fourth-order valence-corrected chi connectivity index (χ4v) is 3.06. The van der Waals surface area contributed by atoms with E-state index in [1.807, 2.05) is 29.2 Å². The minimum Gasteiger partial charge on any atom is -0.496 e. The molecule has 0 N–H and O–H groups in total. The first-order chi connectivity index (χ1) is 12.2. The molecule has 1 fully saturated rings. The Balaban J connectivity index is 1.45. The number of aryl methyl sites for hydroxylation is 2. The summed E-state index contributed by atoms with van der Waals surface area (Å²) in [6, 6.07) is 7.85. The number of nitrogens with zero attached hydrogens (tertiary/aromatic N) is 4. The van der Waals surface area contributed by atoms with Gasteiger partial charge in [-0.25, -0.2) is 0 Å². The van der Waals surface area contributed by atoms with Gasteiger partial charge in [-0.2, -0.15) is 0 Å². The third kappa shape index (κ3) is 4.57. The molecule has 3 rings (SSSR count). The maximum atomic E-state index is 12.5. The van der Waals surface area contributed by atoms with Gasteiger partial charge in [-0.15, -0.1) is 10.2 Å². The average Bonchev–Trinajstić information content (AvgIpc) is 3.05. The molecule has 1 aliphatic heterocycles. The molecule has 7 heteroatoms. The van der Waals surface area contributed by atoms with Gasteiger partial charge in [-0.05, 0) is 18.1 Å². The molecule has 0 radical (unpaired) electrons. The second kappa shape index (κ2) is 8.11. The van der Waals surface area contributed by atoms with Crippen LogP contribution in [0.4, 0.5) is 0 Å². The minimum atomic E-state index is 0.194. The number of carbonyl (C=O) groups excluding carboxylic acids is 1. The van der Waals surface area contributed by atoms with E-state index in [9.17, 15) is 4.79 Å². The monoisotopic (exact) mass is 344 g/mol. The average molecular weight is 344 g/mol. The van der Waals surface area contributed by atoms with Gasteiger partial charge >= 0.3 is 0 Å². The third-order valence-corrected chi connectivity index (χ3v) is 4.45. The molecule has 1 aliphatic rings. The number of methoxy groups -OCH3 is 1. The first kappa shape index (κ1) is 17.4. The predicted octanol–water partition coefficient (Wildman–Crippen LogP) is 1.66. The van der Waals surface area contributed by atoms with Gasteiger partial charge in [0.15, 0.2) is 0 Å². The number of amides is 1. The maximum Gasteiger partial charge on any atom is 0.230 e. The Morgan fingerprint density at radius 1 is 1.20 bits per heavy atom. The number of hydrogen-bond donors (Lipinski definition) is 0. The van der Waals surface area contributed by atoms with Crippen LogP contribution in [-0.4, -0.2) is 59.2 Å². The standard InChI is InChI=1S/C18H24N4O3/c1-14-19-20-17(25-14)13-21-9-11-22(12-10-21)18(23)8-7-15-5-3-4-6-16(15)24-2/h3-6H,7-13H2,1-2H3. The summed E-state index contributed by atoms with van der Waals surface area (Å²) in [5.41, 5.74) is 1.07. The predicted molar refractivity (Wildman–Crippen MR) is 92.2 cm³/mol. The van der Waals surface area contributed by atoms with E-state index >= 15 is 0 Å². The number of rotatable bonds is 6. The highest BCUT2D eigenvalue weighted by Gasteiger charge is 2.22. The zero-order valence-corrected chi connectivity index (χ0v) is 14.8. The summed E-state index contributed by atoms with van der Waals surface area (Å²) in [5.74, 6) is 2.25. The van der Waals surface area contributed by atoms with E-state index in [1.54, 1.807) is 14.0 Å². The normalized spacial score (nSPS) is 15.4. The van der Waals surface area contributed by atoms with Crippen molar-refractivity contribution in [3.8, 4) is 5.75 Å². The van der Waals surface area contributed by atoms with E-state index in [4.69, 9.17) is 9.15 Å². The smallest absolute Gasteiger partial charge is 0.230 e. The van der Waals surface area contributed by atoms with Gasteiger partial charge in [-0.1, -0.05) is 18.2 Å². The van der Waals surface area contributed by atoms with Crippen LogP contribution in [0.1, 0.15) is 23.8 Å². The van der Waals surface area contributed by atoms with E-state index in [0.29, 0.717) is 31.2 Å². The highest BCUT2D eigenvalue weighted by atomic mass is 16.5. The van der Waals surface area contributed by atoms with Gasteiger partial charge in [0.2, 0.25) is 17.7 Å². The van der Waals surface area contributed by atoms with Gasteiger partial charge < -0.3 is 14.1 Å². The Kier molecular flexibility index (Phi) is 5.65. The molecule has 7 nitrogen and oxygen atoms in total. The summed E-state index contributed by atoms with van der Waals surface area (Å²) in [6.45, 7) is 5.54. The first-order valence-electron chi connectivity index (χ1n) is 8.56. The second-order valence-corrected chi connectivity index (χ2v) is 6.18. The molecule has 0 atom stereocenters. The number of carbonyl (C=O) groups is 1. The molecule has 1 amide bonds. The maximum absolute atomic E-state index is 12.5. The highest BCUT2D eigenvalue weighted by molar-refractivity contribution is 5.76. The Bertz CT molecular complexity index is 708. The molecular formula is C18H24N4O3. The first-order valence-corrected chi connectivity index (χ1v) is 8.56. The summed E-state index contributed by atoms with van der Waals surface area (Å²) < 4.78 is 10.8. The van der Waals surface area contributed by atoms with E-state index in [2.05, 4.69) is 15.1 Å². The molecule has 0 unspecified atom stereocenters. The molecule has 25 heavy (non-hydrogen) atoms. The lowest BCUT2D eigenvalue weighted by atomic mass is 10.1. The van der Waals surface area contributed by atoms with Crippen LogP contribution < -0.4 is 4.74 Å². The van der Waals surface area contributed by atoms with Crippen molar-refractivity contribution in [1.29, 1.82) is 0 Å². The quantitative estimate of drug-likeness (QED) is 0.794. The van der Waals surface area contributed by atoms with Crippen molar-refractivity contribution < 1.29 is 13.9 Å². The Hall–Kier alpha value is -2.41. The van der Waals surface area contributed by atoms with Crippen LogP contribution in [0.5, 0.6) is 5.75 Å². The van der Waals surface area contributed by atoms with Crippen LogP contribution in [0.25, 0.3) is 0 Å². The van der Waals surface area contributed by atoms with Gasteiger partial charge in [0.1, 0.15) is 5.75 Å². The second-order valence-electron chi connectivity index (χ2n) is 6.18. The molecule has 2 aromatic rings. The Morgan fingerprint density at radius 3 is 2.64 bits per heavy atom. The minimum absolute atomic E-state index is 0.194. The van der Waals surface area contributed by atoms with E-state index < -0.39 is 0 Å². The molecule has 1 saturated heterocycles. The number of piperazine rings is 1. The molecule has 0 bridgehead atoms. The fourth-order valence-electron chi connectivity index (χ4n) is 3.06. The molecular weight excluding hydrogens is 320 g/mol. The van der Waals surface area contributed by atoms with E-state index in [-0.39, 0.29) is 5.91 Å². The number of aromatic nitrogens is 2. The van der Waals surface area contributed by atoms with Crippen molar-refractivity contribution in [1.82, 2.24) is 20.0 Å². The molecule has 1 aromatic carbocycles. The summed E-state index contributed by atoms with van der Waals surface area (Å²) in [7, 11) is 1.66. The number of benzene rings is 1. The summed E-state index contributed by atoms with van der Waals surface area (Å²) in [5, 5.41) is 7.87. The van der Waals surface area contributed by atoms with Crippen molar-refractivity contribution in [2.75, 3.05) is 33.3 Å². The van der Waals surface area contributed by atoms with Gasteiger partial charge in [0.05, 0.1) is 13.7 Å². The number of para-hydroxylation sites is 1. The zero-order chi connectivity index (χ0) is 17.6. The van der Waals surface area contributed by atoms with Crippen LogP contribution in [0.2, 0.25) is 0 Å². The van der Waals surface area contributed by atoms with Gasteiger partial charge in [-0.3, -0.25) is 9.69 Å². The van der Waals surface area contributed by atoms with E-state index in [1.165, 1.54) is 0 Å². The SMILES string of the molecule is COc1ccccc1CCC(=O)N1CCN(Cc2nnc(C)o2)CC1. The molecule has 134 valence electrons. The van der Waals surface area contributed by atoms with Gasteiger partial charge in [0.25, 0.3) is 0 Å². The Labute approximate surface area is 147 Å². The Morgan fingerprint density at radius 2 is 1.96 bits per heavy atom. The van der Waals surface area contributed by atoms with Crippen LogP contribution in [0, 0.1) is 6.92 Å². The van der Waals surface area contributed by atoms with Crippen LogP contribution in [0.3, 0.4) is 0 Å². The van der Waals surface area contributed by atoms with Crippen LogP contribution >= 0.6 is 0 Å².